The van der Waals surface area contributed by atoms with Crippen LogP contribution in [0.2, 0.25) is 0 Å². The van der Waals surface area contributed by atoms with Crippen molar-refractivity contribution in [2.75, 3.05) is 0 Å². The number of fused-ring (bicyclic) bond motifs is 3. The quantitative estimate of drug-likeness (QED) is 0.381. The first-order valence-corrected chi connectivity index (χ1v) is 12.8. The normalized spacial score (nSPS) is 21.5. The molecule has 35 heavy (non-hydrogen) atoms. The average molecular weight is 487 g/mol. The number of ether oxygens (including phenoxy) is 1. The van der Waals surface area contributed by atoms with Crippen molar-refractivity contribution in [3.05, 3.63) is 102 Å². The summed E-state index contributed by atoms with van der Waals surface area (Å²) in [7, 11) is -4.05. The molecule has 6 rings (SSSR count). The Labute approximate surface area is 202 Å². The molecule has 4 aromatic rings. The van der Waals surface area contributed by atoms with Gasteiger partial charge in [-0.15, -0.1) is 0 Å². The summed E-state index contributed by atoms with van der Waals surface area (Å²) in [5.41, 5.74) is 3.26. The van der Waals surface area contributed by atoms with Gasteiger partial charge in [-0.05, 0) is 58.0 Å². The Hall–Kier alpha value is -3.81. The van der Waals surface area contributed by atoms with Gasteiger partial charge in [-0.25, -0.2) is 0 Å². The smallest absolute Gasteiger partial charge is 0.315 e. The number of hydrogen-bond donors (Lipinski definition) is 2. The first-order valence-electron chi connectivity index (χ1n) is 11.3. The summed E-state index contributed by atoms with van der Waals surface area (Å²) < 4.78 is 39.1. The van der Waals surface area contributed by atoms with Gasteiger partial charge in [0.1, 0.15) is 28.6 Å². The maximum atomic E-state index is 13.6. The van der Waals surface area contributed by atoms with Crippen LogP contribution in [0.25, 0.3) is 21.9 Å². The van der Waals surface area contributed by atoms with Crippen LogP contribution >= 0.6 is 0 Å². The molecule has 2 N–H and O–H groups in total. The predicted octanol–water partition coefficient (Wildman–Crippen LogP) is 5.11. The van der Waals surface area contributed by atoms with Gasteiger partial charge in [-0.3, -0.25) is 0 Å². The number of benzene rings is 4. The lowest BCUT2D eigenvalue weighted by atomic mass is 9.83. The molecule has 3 atom stereocenters. The Kier molecular flexibility index (Phi) is 5.05. The van der Waals surface area contributed by atoms with E-state index in [1.807, 2.05) is 30.3 Å². The molecule has 176 valence electrons. The van der Waals surface area contributed by atoms with E-state index in [4.69, 9.17) is 8.92 Å². The minimum absolute atomic E-state index is 0.119. The number of phenols is 2. The monoisotopic (exact) mass is 486 g/mol. The second kappa shape index (κ2) is 8.15. The van der Waals surface area contributed by atoms with Crippen molar-refractivity contribution >= 4 is 32.0 Å². The highest BCUT2D eigenvalue weighted by molar-refractivity contribution is 7.87. The number of hydrogen-bond acceptors (Lipinski definition) is 6. The standard InChI is InChI=1S/C28H22O6S/c29-20-12-8-18(9-13-20)26-24-16-25(28(33-24)27(26)19-10-14-21(30)15-11-19)35(31,32)34-23-7-3-5-17-4-1-2-6-22(17)23/h1-15,24-25,28-30H,16H2. The van der Waals surface area contributed by atoms with Crippen LogP contribution in [-0.2, 0) is 14.9 Å². The van der Waals surface area contributed by atoms with E-state index in [0.29, 0.717) is 5.75 Å². The minimum atomic E-state index is -4.05. The molecule has 2 aliphatic rings. The summed E-state index contributed by atoms with van der Waals surface area (Å²) in [6.07, 6.45) is -0.909. The molecule has 0 saturated carbocycles. The second-order valence-electron chi connectivity index (χ2n) is 8.79. The molecule has 7 heteroatoms. The molecule has 0 aliphatic carbocycles. The highest BCUT2D eigenvalue weighted by Gasteiger charge is 2.53. The molecule has 0 radical (unpaired) electrons. The van der Waals surface area contributed by atoms with Crippen LogP contribution in [0.1, 0.15) is 17.5 Å². The van der Waals surface area contributed by atoms with Crippen molar-refractivity contribution in [3.63, 3.8) is 0 Å². The van der Waals surface area contributed by atoms with E-state index in [0.717, 1.165) is 33.0 Å². The number of rotatable bonds is 5. The molecule has 2 bridgehead atoms. The highest BCUT2D eigenvalue weighted by Crippen LogP contribution is 2.51. The van der Waals surface area contributed by atoms with Crippen LogP contribution in [0.15, 0.2) is 91.0 Å². The van der Waals surface area contributed by atoms with Crippen LogP contribution in [0.4, 0.5) is 0 Å². The summed E-state index contributed by atoms with van der Waals surface area (Å²) in [5.74, 6) is 0.557. The third kappa shape index (κ3) is 3.73. The molecular weight excluding hydrogens is 464 g/mol. The lowest BCUT2D eigenvalue weighted by molar-refractivity contribution is 0.128. The van der Waals surface area contributed by atoms with E-state index in [2.05, 4.69) is 0 Å². The second-order valence-corrected chi connectivity index (χ2v) is 10.6. The minimum Gasteiger partial charge on any atom is -0.508 e. The third-order valence-electron chi connectivity index (χ3n) is 6.67. The molecule has 4 aromatic carbocycles. The van der Waals surface area contributed by atoms with Crippen LogP contribution in [-0.4, -0.2) is 36.1 Å². The van der Waals surface area contributed by atoms with E-state index in [1.54, 1.807) is 60.7 Å². The fraction of sp³-hybridized carbons (Fsp3) is 0.143. The SMILES string of the molecule is O=S(=O)(Oc1cccc2ccccc12)C1CC2OC1C(c1ccc(O)cc1)=C2c1ccc(O)cc1. The van der Waals surface area contributed by atoms with Gasteiger partial charge in [0, 0.05) is 11.8 Å². The van der Waals surface area contributed by atoms with E-state index in [9.17, 15) is 18.6 Å². The van der Waals surface area contributed by atoms with Gasteiger partial charge in [0.2, 0.25) is 0 Å². The van der Waals surface area contributed by atoms with Gasteiger partial charge in [0.15, 0.2) is 0 Å². The van der Waals surface area contributed by atoms with Crippen LogP contribution < -0.4 is 4.18 Å². The van der Waals surface area contributed by atoms with Crippen molar-refractivity contribution in [1.82, 2.24) is 0 Å². The van der Waals surface area contributed by atoms with E-state index in [1.165, 1.54) is 0 Å². The van der Waals surface area contributed by atoms with Gasteiger partial charge < -0.3 is 19.1 Å². The Morgan fingerprint density at radius 1 is 0.743 bits per heavy atom. The Bertz CT molecular complexity index is 1550. The lowest BCUT2D eigenvalue weighted by Gasteiger charge is -2.25. The van der Waals surface area contributed by atoms with Crippen molar-refractivity contribution in [3.8, 4) is 17.2 Å². The highest BCUT2D eigenvalue weighted by atomic mass is 32.2. The van der Waals surface area contributed by atoms with Crippen molar-refractivity contribution in [2.24, 2.45) is 0 Å². The van der Waals surface area contributed by atoms with Crippen LogP contribution in [0, 0.1) is 0 Å². The van der Waals surface area contributed by atoms with Crippen LogP contribution in [0.3, 0.4) is 0 Å². The first kappa shape index (κ1) is 21.7. The van der Waals surface area contributed by atoms with E-state index < -0.39 is 27.6 Å². The maximum absolute atomic E-state index is 13.6. The van der Waals surface area contributed by atoms with Crippen molar-refractivity contribution in [2.45, 2.75) is 23.9 Å². The summed E-state index contributed by atoms with van der Waals surface area (Å²) >= 11 is 0. The summed E-state index contributed by atoms with van der Waals surface area (Å²) in [6.45, 7) is 0. The third-order valence-corrected chi connectivity index (χ3v) is 8.27. The first-order chi connectivity index (χ1) is 16.9. The zero-order valence-electron chi connectivity index (χ0n) is 18.5. The zero-order valence-corrected chi connectivity index (χ0v) is 19.4. The zero-order chi connectivity index (χ0) is 24.2. The van der Waals surface area contributed by atoms with E-state index >= 15 is 0 Å². The molecule has 1 fully saturated rings. The molecule has 0 spiro atoms. The van der Waals surface area contributed by atoms with Gasteiger partial charge in [0.25, 0.3) is 0 Å². The Morgan fingerprint density at radius 2 is 1.34 bits per heavy atom. The summed E-state index contributed by atoms with van der Waals surface area (Å²) in [6, 6.07) is 26.3. The molecule has 2 aliphatic heterocycles. The van der Waals surface area contributed by atoms with Crippen molar-refractivity contribution < 1.29 is 27.6 Å². The topological polar surface area (TPSA) is 93.1 Å². The maximum Gasteiger partial charge on any atom is 0.315 e. The Morgan fingerprint density at radius 3 is 2.03 bits per heavy atom. The average Bonchev–Trinajstić information content (AvgIpc) is 3.45. The molecular formula is C28H22O6S. The molecule has 2 heterocycles. The van der Waals surface area contributed by atoms with E-state index in [-0.39, 0.29) is 17.9 Å². The lowest BCUT2D eigenvalue weighted by Crippen LogP contribution is -2.35. The predicted molar refractivity (Wildman–Crippen MR) is 134 cm³/mol. The molecule has 0 aromatic heterocycles. The van der Waals surface area contributed by atoms with Gasteiger partial charge in [-0.2, -0.15) is 8.42 Å². The number of phenolic OH excluding ortho intramolecular Hbond substituents is 2. The molecule has 3 unspecified atom stereocenters. The Balaban J connectivity index is 1.42. The van der Waals surface area contributed by atoms with Gasteiger partial charge in [-0.1, -0.05) is 60.7 Å². The van der Waals surface area contributed by atoms with Gasteiger partial charge in [0.05, 0.1) is 6.10 Å². The molecule has 0 amide bonds. The largest absolute Gasteiger partial charge is 0.508 e. The van der Waals surface area contributed by atoms with Crippen molar-refractivity contribution in [1.29, 1.82) is 0 Å². The van der Waals surface area contributed by atoms with Gasteiger partial charge >= 0.3 is 10.1 Å². The molecule has 6 nitrogen and oxygen atoms in total. The summed E-state index contributed by atoms with van der Waals surface area (Å²) in [5, 5.41) is 20.2. The molecule has 1 saturated heterocycles. The fourth-order valence-electron chi connectivity index (χ4n) is 5.09. The van der Waals surface area contributed by atoms with Crippen LogP contribution in [0.5, 0.6) is 17.2 Å². The summed E-state index contributed by atoms with van der Waals surface area (Å²) in [4.78, 5) is 0. The number of aromatic hydroxyl groups is 2. The fourth-order valence-corrected chi connectivity index (χ4v) is 6.52.